The van der Waals surface area contributed by atoms with Gasteiger partial charge in [-0.3, -0.25) is 4.79 Å². The highest BCUT2D eigenvalue weighted by Gasteiger charge is 2.44. The van der Waals surface area contributed by atoms with Crippen molar-refractivity contribution >= 4 is 5.91 Å². The van der Waals surface area contributed by atoms with Crippen LogP contribution in [-0.2, 0) is 0 Å². The lowest BCUT2D eigenvalue weighted by Gasteiger charge is -2.19. The van der Waals surface area contributed by atoms with Crippen molar-refractivity contribution in [2.75, 3.05) is 13.1 Å². The van der Waals surface area contributed by atoms with Crippen LogP contribution in [0.2, 0.25) is 0 Å². The highest BCUT2D eigenvalue weighted by Crippen LogP contribution is 2.38. The maximum atomic E-state index is 14.0. The topological polar surface area (TPSA) is 40.5 Å². The second kappa shape index (κ2) is 4.81. The molecule has 1 aromatic carbocycles. The van der Waals surface area contributed by atoms with E-state index in [2.05, 4.69) is 0 Å². The summed E-state index contributed by atoms with van der Waals surface area (Å²) in [7, 11) is 0. The molecule has 5 heteroatoms. The number of benzene rings is 1. The molecule has 3 rings (SSSR count). The van der Waals surface area contributed by atoms with Gasteiger partial charge in [0.25, 0.3) is 5.91 Å². The number of aryl methyl sites for hydroxylation is 1. The van der Waals surface area contributed by atoms with E-state index in [4.69, 9.17) is 0 Å². The summed E-state index contributed by atoms with van der Waals surface area (Å²) in [5.41, 5.74) is -0.214. The molecule has 3 unspecified atom stereocenters. The molecule has 20 heavy (non-hydrogen) atoms. The molecule has 1 aromatic rings. The first-order chi connectivity index (χ1) is 9.49. The van der Waals surface area contributed by atoms with E-state index in [-0.39, 0.29) is 17.4 Å². The van der Waals surface area contributed by atoms with Crippen LogP contribution in [0, 0.1) is 30.4 Å². The van der Waals surface area contributed by atoms with Crippen molar-refractivity contribution in [1.82, 2.24) is 4.90 Å². The summed E-state index contributed by atoms with van der Waals surface area (Å²) in [6.45, 7) is 2.37. The lowest BCUT2D eigenvalue weighted by Crippen LogP contribution is -2.32. The van der Waals surface area contributed by atoms with E-state index in [9.17, 15) is 18.7 Å². The Balaban J connectivity index is 1.86. The fraction of sp³-hybridized carbons (Fsp3) is 0.533. The zero-order valence-corrected chi connectivity index (χ0v) is 11.3. The molecule has 2 fully saturated rings. The Hall–Kier alpha value is -1.49. The van der Waals surface area contributed by atoms with Gasteiger partial charge in [0.1, 0.15) is 17.2 Å². The van der Waals surface area contributed by atoms with Gasteiger partial charge in [0.2, 0.25) is 0 Å². The van der Waals surface area contributed by atoms with Crippen LogP contribution in [-0.4, -0.2) is 35.1 Å². The zero-order chi connectivity index (χ0) is 14.4. The van der Waals surface area contributed by atoms with Crippen molar-refractivity contribution in [2.24, 2.45) is 11.8 Å². The average Bonchev–Trinajstić information content (AvgIpc) is 2.97. The van der Waals surface area contributed by atoms with Crippen LogP contribution in [0.25, 0.3) is 0 Å². The number of hydrogen-bond acceptors (Lipinski definition) is 2. The van der Waals surface area contributed by atoms with Gasteiger partial charge in [-0.1, -0.05) is 6.07 Å². The molecule has 1 N–H and O–H groups in total. The number of halogens is 2. The van der Waals surface area contributed by atoms with Gasteiger partial charge in [-0.25, -0.2) is 8.78 Å². The molecular formula is C15H17F2NO2. The number of carbonyl (C=O) groups is 1. The van der Waals surface area contributed by atoms with Crippen LogP contribution >= 0.6 is 0 Å². The monoisotopic (exact) mass is 281 g/mol. The van der Waals surface area contributed by atoms with E-state index in [0.29, 0.717) is 13.1 Å². The molecule has 1 aliphatic carbocycles. The van der Waals surface area contributed by atoms with Gasteiger partial charge >= 0.3 is 0 Å². The highest BCUT2D eigenvalue weighted by molar-refractivity contribution is 5.95. The third-order valence-corrected chi connectivity index (χ3v) is 4.60. The van der Waals surface area contributed by atoms with Crippen LogP contribution in [0.15, 0.2) is 12.1 Å². The minimum absolute atomic E-state index is 0.0508. The van der Waals surface area contributed by atoms with Crippen LogP contribution in [0.3, 0.4) is 0 Å². The largest absolute Gasteiger partial charge is 0.393 e. The molecule has 0 spiro atoms. The zero-order valence-electron chi connectivity index (χ0n) is 11.3. The van der Waals surface area contributed by atoms with Crippen molar-refractivity contribution in [2.45, 2.75) is 25.9 Å². The van der Waals surface area contributed by atoms with Crippen LogP contribution in [0.5, 0.6) is 0 Å². The summed E-state index contributed by atoms with van der Waals surface area (Å²) in [6.07, 6.45) is 1.23. The van der Waals surface area contributed by atoms with Crippen molar-refractivity contribution in [3.8, 4) is 0 Å². The smallest absolute Gasteiger partial charge is 0.259 e. The Morgan fingerprint density at radius 3 is 2.75 bits per heavy atom. The predicted octanol–water partition coefficient (Wildman–Crippen LogP) is 2.12. The number of rotatable bonds is 1. The van der Waals surface area contributed by atoms with Gasteiger partial charge in [-0.05, 0) is 37.3 Å². The number of hydrogen-bond donors (Lipinski definition) is 1. The van der Waals surface area contributed by atoms with Crippen LogP contribution in [0.1, 0.15) is 28.8 Å². The Bertz CT molecular complexity index is 561. The molecule has 3 nitrogen and oxygen atoms in total. The summed E-state index contributed by atoms with van der Waals surface area (Å²) < 4.78 is 27.8. The third kappa shape index (κ3) is 2.00. The summed E-state index contributed by atoms with van der Waals surface area (Å²) in [5, 5.41) is 9.84. The van der Waals surface area contributed by atoms with E-state index in [0.717, 1.165) is 18.9 Å². The molecule has 0 aromatic heterocycles. The number of aliphatic hydroxyl groups excluding tert-OH is 1. The average molecular weight is 281 g/mol. The number of amides is 1. The molecule has 1 amide bonds. The molecule has 3 atom stereocenters. The standard InChI is InChI=1S/C15H17F2NO2/c1-8-2-4-11(16)13(14(8)17)15(20)18-6-9-3-5-12(19)10(9)7-18/h2,4,9-10,12,19H,3,5-7H2,1H3. The molecular weight excluding hydrogens is 264 g/mol. The molecule has 1 heterocycles. The maximum Gasteiger partial charge on any atom is 0.259 e. The van der Waals surface area contributed by atoms with Gasteiger partial charge in [-0.2, -0.15) is 0 Å². The van der Waals surface area contributed by atoms with Gasteiger partial charge in [0.05, 0.1) is 6.10 Å². The van der Waals surface area contributed by atoms with E-state index in [1.807, 2.05) is 0 Å². The van der Waals surface area contributed by atoms with E-state index in [1.54, 1.807) is 0 Å². The van der Waals surface area contributed by atoms with Crippen molar-refractivity contribution in [3.63, 3.8) is 0 Å². The SMILES string of the molecule is Cc1ccc(F)c(C(=O)N2CC3CCC(O)C3C2)c1F. The highest BCUT2D eigenvalue weighted by atomic mass is 19.1. The minimum atomic E-state index is -0.823. The number of nitrogens with zero attached hydrogens (tertiary/aromatic N) is 1. The van der Waals surface area contributed by atoms with Crippen molar-refractivity contribution < 1.29 is 18.7 Å². The summed E-state index contributed by atoms with van der Waals surface area (Å²) >= 11 is 0. The molecule has 0 bridgehead atoms. The molecule has 1 saturated carbocycles. The molecule has 108 valence electrons. The van der Waals surface area contributed by atoms with E-state index in [1.165, 1.54) is 17.9 Å². The third-order valence-electron chi connectivity index (χ3n) is 4.60. The first-order valence-electron chi connectivity index (χ1n) is 6.91. The normalized spacial score (nSPS) is 28.8. The quantitative estimate of drug-likeness (QED) is 0.856. The first-order valence-corrected chi connectivity index (χ1v) is 6.91. The van der Waals surface area contributed by atoms with Crippen molar-refractivity contribution in [1.29, 1.82) is 0 Å². The fourth-order valence-corrected chi connectivity index (χ4v) is 3.41. The second-order valence-electron chi connectivity index (χ2n) is 5.83. The van der Waals surface area contributed by atoms with Gasteiger partial charge in [0, 0.05) is 19.0 Å². The second-order valence-corrected chi connectivity index (χ2v) is 5.83. The number of likely N-dealkylation sites (tertiary alicyclic amines) is 1. The summed E-state index contributed by atoms with van der Waals surface area (Å²) in [4.78, 5) is 13.8. The maximum absolute atomic E-state index is 14.0. The number of fused-ring (bicyclic) bond motifs is 1. The van der Waals surface area contributed by atoms with Gasteiger partial charge in [-0.15, -0.1) is 0 Å². The van der Waals surface area contributed by atoms with Crippen LogP contribution in [0.4, 0.5) is 8.78 Å². The predicted molar refractivity (Wildman–Crippen MR) is 69.2 cm³/mol. The molecule has 0 radical (unpaired) electrons. The Morgan fingerprint density at radius 1 is 1.30 bits per heavy atom. The fourth-order valence-electron chi connectivity index (χ4n) is 3.41. The first kappa shape index (κ1) is 13.5. The minimum Gasteiger partial charge on any atom is -0.393 e. The van der Waals surface area contributed by atoms with E-state index < -0.39 is 29.2 Å². The summed E-state index contributed by atoms with van der Waals surface area (Å²) in [5.74, 6) is -1.91. The molecule has 2 aliphatic rings. The molecule has 1 aliphatic heterocycles. The lowest BCUT2D eigenvalue weighted by molar-refractivity contribution is 0.0743. The number of aliphatic hydroxyl groups is 1. The Labute approximate surface area is 116 Å². The van der Waals surface area contributed by atoms with Crippen LogP contribution < -0.4 is 0 Å². The molecule has 1 saturated heterocycles. The number of carbonyl (C=O) groups excluding carboxylic acids is 1. The van der Waals surface area contributed by atoms with Crippen molar-refractivity contribution in [3.05, 3.63) is 34.9 Å². The lowest BCUT2D eigenvalue weighted by atomic mass is 10.00. The van der Waals surface area contributed by atoms with Gasteiger partial charge in [0.15, 0.2) is 0 Å². The van der Waals surface area contributed by atoms with E-state index >= 15 is 0 Å². The Morgan fingerprint density at radius 2 is 2.05 bits per heavy atom. The van der Waals surface area contributed by atoms with Gasteiger partial charge < -0.3 is 10.0 Å². The summed E-state index contributed by atoms with van der Waals surface area (Å²) in [6, 6.07) is 2.45. The Kier molecular flexibility index (Phi) is 3.24.